The molecule has 6 heteroatoms. The van der Waals surface area contributed by atoms with Crippen LogP contribution in [0.15, 0.2) is 59.1 Å². The Balaban J connectivity index is 1.84. The lowest BCUT2D eigenvalue weighted by Gasteiger charge is -2.11. The highest BCUT2D eigenvalue weighted by Crippen LogP contribution is 2.26. The van der Waals surface area contributed by atoms with E-state index >= 15 is 0 Å². The lowest BCUT2D eigenvalue weighted by Crippen LogP contribution is -2.01. The second-order valence-corrected chi connectivity index (χ2v) is 6.21. The average Bonchev–Trinajstić information content (AvgIpc) is 2.51. The topological polar surface area (TPSA) is 49.8 Å². The number of halogens is 2. The maximum absolute atomic E-state index is 5.90. The monoisotopic (exact) mass is 388 g/mol. The highest BCUT2D eigenvalue weighted by Gasteiger charge is 2.05. The fraction of sp³-hybridized carbons (Fsp3) is 0.0588. The molecule has 0 bridgehead atoms. The highest BCUT2D eigenvalue weighted by molar-refractivity contribution is 9.10. The molecule has 0 fully saturated rings. The molecule has 0 atom stereocenters. The number of benzene rings is 2. The van der Waals surface area contributed by atoms with Crippen molar-refractivity contribution in [2.24, 2.45) is 0 Å². The van der Waals surface area contributed by atoms with Crippen LogP contribution in [0.3, 0.4) is 0 Å². The van der Waals surface area contributed by atoms with Crippen molar-refractivity contribution in [2.45, 2.75) is 6.92 Å². The Bertz CT molecular complexity index is 821. The minimum atomic E-state index is 0.679. The first-order chi connectivity index (χ1) is 11.1. The molecule has 0 aliphatic carbocycles. The Morgan fingerprint density at radius 2 is 1.57 bits per heavy atom. The molecule has 0 radical (unpaired) electrons. The van der Waals surface area contributed by atoms with Crippen molar-refractivity contribution in [3.63, 3.8) is 0 Å². The van der Waals surface area contributed by atoms with Crippen LogP contribution in [-0.4, -0.2) is 9.97 Å². The predicted molar refractivity (Wildman–Crippen MR) is 98.9 cm³/mol. The minimum absolute atomic E-state index is 0.679. The number of nitrogens with zero attached hydrogens (tertiary/aromatic N) is 2. The molecule has 4 nitrogen and oxygen atoms in total. The number of para-hydroxylation sites is 1. The van der Waals surface area contributed by atoms with Crippen LogP contribution in [0.1, 0.15) is 5.82 Å². The maximum atomic E-state index is 5.90. The first-order valence-electron chi connectivity index (χ1n) is 7.00. The van der Waals surface area contributed by atoms with Gasteiger partial charge in [0.25, 0.3) is 0 Å². The largest absolute Gasteiger partial charge is 0.340 e. The molecule has 1 heterocycles. The van der Waals surface area contributed by atoms with Gasteiger partial charge in [0.2, 0.25) is 0 Å². The molecule has 0 aliphatic heterocycles. The molecule has 0 saturated heterocycles. The van der Waals surface area contributed by atoms with Gasteiger partial charge in [-0.3, -0.25) is 0 Å². The van der Waals surface area contributed by atoms with E-state index in [2.05, 4.69) is 36.5 Å². The zero-order valence-electron chi connectivity index (χ0n) is 12.3. The van der Waals surface area contributed by atoms with Crippen molar-refractivity contribution in [1.82, 2.24) is 9.97 Å². The maximum Gasteiger partial charge on any atom is 0.136 e. The SMILES string of the molecule is Cc1nc(Nc2ccc(Cl)cc2)cc(Nc2ccccc2Br)n1. The summed E-state index contributed by atoms with van der Waals surface area (Å²) in [5.74, 6) is 2.12. The van der Waals surface area contributed by atoms with Gasteiger partial charge >= 0.3 is 0 Å². The number of rotatable bonds is 4. The third-order valence-corrected chi connectivity index (χ3v) is 4.03. The summed E-state index contributed by atoms with van der Waals surface area (Å²) in [6.07, 6.45) is 0. The van der Waals surface area contributed by atoms with Crippen LogP contribution < -0.4 is 10.6 Å². The van der Waals surface area contributed by atoms with E-state index in [4.69, 9.17) is 11.6 Å². The Hall–Kier alpha value is -2.11. The van der Waals surface area contributed by atoms with Crippen LogP contribution in [-0.2, 0) is 0 Å². The molecule has 116 valence electrons. The normalized spacial score (nSPS) is 10.4. The first kappa shape index (κ1) is 15.8. The van der Waals surface area contributed by atoms with E-state index in [-0.39, 0.29) is 0 Å². The Morgan fingerprint density at radius 3 is 2.26 bits per heavy atom. The predicted octanol–water partition coefficient (Wildman–Crippen LogP) is 5.69. The van der Waals surface area contributed by atoms with Crippen molar-refractivity contribution in [1.29, 1.82) is 0 Å². The molecule has 0 amide bonds. The molecule has 0 unspecified atom stereocenters. The fourth-order valence-corrected chi connectivity index (χ4v) is 2.59. The first-order valence-corrected chi connectivity index (χ1v) is 8.17. The molecule has 0 aliphatic rings. The number of aromatic nitrogens is 2. The smallest absolute Gasteiger partial charge is 0.136 e. The van der Waals surface area contributed by atoms with Crippen molar-refractivity contribution < 1.29 is 0 Å². The van der Waals surface area contributed by atoms with Gasteiger partial charge in [0, 0.05) is 21.2 Å². The van der Waals surface area contributed by atoms with Gasteiger partial charge in [0.05, 0.1) is 5.69 Å². The highest BCUT2D eigenvalue weighted by atomic mass is 79.9. The van der Waals surface area contributed by atoms with Crippen LogP contribution in [0.5, 0.6) is 0 Å². The lowest BCUT2D eigenvalue weighted by molar-refractivity contribution is 1.06. The van der Waals surface area contributed by atoms with Gasteiger partial charge in [0.1, 0.15) is 17.5 Å². The van der Waals surface area contributed by atoms with Crippen molar-refractivity contribution >= 4 is 50.5 Å². The molecule has 1 aromatic heterocycles. The van der Waals surface area contributed by atoms with Crippen LogP contribution >= 0.6 is 27.5 Å². The molecule has 3 aromatic rings. The summed E-state index contributed by atoms with van der Waals surface area (Å²) in [6.45, 7) is 1.86. The van der Waals surface area contributed by atoms with E-state index < -0.39 is 0 Å². The second kappa shape index (κ2) is 6.98. The standard InChI is InChI=1S/C17H14BrClN4/c1-11-20-16(22-13-8-6-12(19)7-9-13)10-17(21-11)23-15-5-3-2-4-14(15)18/h2-10H,1H3,(H2,20,21,22,23). The van der Waals surface area contributed by atoms with Crippen molar-refractivity contribution in [3.05, 3.63) is 69.9 Å². The van der Waals surface area contributed by atoms with Crippen LogP contribution in [0.4, 0.5) is 23.0 Å². The summed E-state index contributed by atoms with van der Waals surface area (Å²) in [7, 11) is 0. The summed E-state index contributed by atoms with van der Waals surface area (Å²) in [6, 6.07) is 17.2. The van der Waals surface area contributed by atoms with Gasteiger partial charge in [-0.25, -0.2) is 9.97 Å². The van der Waals surface area contributed by atoms with Gasteiger partial charge in [0.15, 0.2) is 0 Å². The van der Waals surface area contributed by atoms with Crippen molar-refractivity contribution in [2.75, 3.05) is 10.6 Å². The molecule has 2 N–H and O–H groups in total. The summed E-state index contributed by atoms with van der Waals surface area (Å²) in [5.41, 5.74) is 1.86. The van der Waals surface area contributed by atoms with Crippen LogP contribution in [0.2, 0.25) is 5.02 Å². The number of nitrogens with one attached hydrogen (secondary N) is 2. The van der Waals surface area contributed by atoms with E-state index in [0.717, 1.165) is 27.5 Å². The number of anilines is 4. The molecule has 2 aromatic carbocycles. The molecule has 3 rings (SSSR count). The Kier molecular flexibility index (Phi) is 4.79. The lowest BCUT2D eigenvalue weighted by atomic mass is 10.3. The molecule has 0 saturated carbocycles. The molecule has 23 heavy (non-hydrogen) atoms. The summed E-state index contributed by atoms with van der Waals surface area (Å²) < 4.78 is 0.975. The zero-order valence-corrected chi connectivity index (χ0v) is 14.7. The van der Waals surface area contributed by atoms with Gasteiger partial charge in [-0.15, -0.1) is 0 Å². The van der Waals surface area contributed by atoms with E-state index in [1.54, 1.807) is 0 Å². The van der Waals surface area contributed by atoms with E-state index in [0.29, 0.717) is 10.8 Å². The fourth-order valence-electron chi connectivity index (χ4n) is 2.08. The zero-order chi connectivity index (χ0) is 16.2. The Morgan fingerprint density at radius 1 is 0.913 bits per heavy atom. The number of hydrogen-bond donors (Lipinski definition) is 2. The van der Waals surface area contributed by atoms with E-state index in [1.165, 1.54) is 0 Å². The quantitative estimate of drug-likeness (QED) is 0.602. The van der Waals surface area contributed by atoms with Gasteiger partial charge < -0.3 is 10.6 Å². The van der Waals surface area contributed by atoms with Gasteiger partial charge in [-0.2, -0.15) is 0 Å². The van der Waals surface area contributed by atoms with Crippen LogP contribution in [0.25, 0.3) is 0 Å². The average molecular weight is 390 g/mol. The third kappa shape index (κ3) is 4.21. The molecule has 0 spiro atoms. The van der Waals surface area contributed by atoms with Gasteiger partial charge in [-0.1, -0.05) is 23.7 Å². The minimum Gasteiger partial charge on any atom is -0.340 e. The third-order valence-electron chi connectivity index (χ3n) is 3.09. The second-order valence-electron chi connectivity index (χ2n) is 4.92. The number of aryl methyl sites for hydroxylation is 1. The van der Waals surface area contributed by atoms with E-state index in [9.17, 15) is 0 Å². The molecular formula is C17H14BrClN4. The van der Waals surface area contributed by atoms with Gasteiger partial charge in [-0.05, 0) is 59.3 Å². The van der Waals surface area contributed by atoms with Crippen molar-refractivity contribution in [3.8, 4) is 0 Å². The summed E-state index contributed by atoms with van der Waals surface area (Å²) >= 11 is 9.42. The molecular weight excluding hydrogens is 376 g/mol. The van der Waals surface area contributed by atoms with E-state index in [1.807, 2.05) is 61.5 Å². The Labute approximate surface area is 148 Å². The number of hydrogen-bond acceptors (Lipinski definition) is 4. The summed E-state index contributed by atoms with van der Waals surface area (Å²) in [4.78, 5) is 8.83. The van der Waals surface area contributed by atoms with Crippen LogP contribution in [0, 0.1) is 6.92 Å². The summed E-state index contributed by atoms with van der Waals surface area (Å²) in [5, 5.41) is 7.24.